The minimum atomic E-state index is 0.607. The van der Waals surface area contributed by atoms with Crippen molar-refractivity contribution in [2.45, 2.75) is 17.8 Å². The molecule has 2 aromatic heterocycles. The SMILES string of the molecule is COc1ccc(-c2nnc(SCc3csc(Nc4ccc(C)cc4)n3)n2N)cc1. The number of methoxy groups -OCH3 is 1. The molecule has 0 aliphatic heterocycles. The number of aromatic nitrogens is 4. The van der Waals surface area contributed by atoms with E-state index >= 15 is 0 Å². The van der Waals surface area contributed by atoms with Gasteiger partial charge in [-0.05, 0) is 43.3 Å². The highest BCUT2D eigenvalue weighted by molar-refractivity contribution is 7.98. The molecular formula is C20H20N6OS2. The molecule has 0 amide bonds. The molecule has 0 radical (unpaired) electrons. The predicted octanol–water partition coefficient (Wildman–Crippen LogP) is 4.47. The molecule has 4 aromatic rings. The van der Waals surface area contributed by atoms with Crippen molar-refractivity contribution in [3.8, 4) is 17.1 Å². The van der Waals surface area contributed by atoms with E-state index in [-0.39, 0.29) is 0 Å². The zero-order chi connectivity index (χ0) is 20.2. The molecule has 3 N–H and O–H groups in total. The van der Waals surface area contributed by atoms with Crippen molar-refractivity contribution in [1.82, 2.24) is 19.9 Å². The lowest BCUT2D eigenvalue weighted by atomic mass is 10.2. The zero-order valence-electron chi connectivity index (χ0n) is 16.0. The number of thiazole rings is 1. The summed E-state index contributed by atoms with van der Waals surface area (Å²) in [7, 11) is 1.63. The molecule has 0 saturated carbocycles. The third kappa shape index (κ3) is 4.52. The molecular weight excluding hydrogens is 404 g/mol. The Bertz CT molecular complexity index is 1090. The number of aryl methyl sites for hydroxylation is 1. The zero-order valence-corrected chi connectivity index (χ0v) is 17.6. The van der Waals surface area contributed by atoms with E-state index in [4.69, 9.17) is 10.6 Å². The van der Waals surface area contributed by atoms with E-state index in [1.54, 1.807) is 18.4 Å². The van der Waals surface area contributed by atoms with Crippen LogP contribution in [-0.4, -0.2) is 27.0 Å². The van der Waals surface area contributed by atoms with E-state index in [1.165, 1.54) is 22.0 Å². The second-order valence-electron chi connectivity index (χ2n) is 6.33. The maximum absolute atomic E-state index is 6.20. The minimum Gasteiger partial charge on any atom is -0.497 e. The molecule has 0 atom stereocenters. The number of nitrogens with one attached hydrogen (secondary N) is 1. The molecule has 7 nitrogen and oxygen atoms in total. The molecule has 29 heavy (non-hydrogen) atoms. The summed E-state index contributed by atoms with van der Waals surface area (Å²) in [5.41, 5.74) is 4.09. The molecule has 0 saturated heterocycles. The van der Waals surface area contributed by atoms with Crippen LogP contribution in [0.4, 0.5) is 10.8 Å². The fourth-order valence-electron chi connectivity index (χ4n) is 2.64. The molecule has 0 spiro atoms. The Hall–Kier alpha value is -3.04. The molecule has 0 unspecified atom stereocenters. The average molecular weight is 425 g/mol. The Morgan fingerprint density at radius 2 is 1.86 bits per heavy atom. The van der Waals surface area contributed by atoms with Gasteiger partial charge >= 0.3 is 0 Å². The predicted molar refractivity (Wildman–Crippen MR) is 118 cm³/mol. The average Bonchev–Trinajstić information content (AvgIpc) is 3.34. The van der Waals surface area contributed by atoms with Gasteiger partial charge < -0.3 is 15.9 Å². The van der Waals surface area contributed by atoms with Crippen LogP contribution in [0.2, 0.25) is 0 Å². The van der Waals surface area contributed by atoms with Crippen LogP contribution in [0.15, 0.2) is 59.1 Å². The van der Waals surface area contributed by atoms with E-state index in [2.05, 4.69) is 39.6 Å². The standard InChI is InChI=1S/C20H20N6OS2/c1-13-3-7-15(8-4-13)22-19-23-16(11-28-19)12-29-20-25-24-18(26(20)21)14-5-9-17(27-2)10-6-14/h3-11H,12,21H2,1-2H3,(H,22,23). The molecule has 9 heteroatoms. The van der Waals surface area contributed by atoms with Gasteiger partial charge in [0.05, 0.1) is 12.8 Å². The molecule has 0 aliphatic carbocycles. The number of nitrogen functional groups attached to an aromatic ring is 1. The molecule has 2 heterocycles. The highest BCUT2D eigenvalue weighted by Crippen LogP contribution is 2.28. The lowest BCUT2D eigenvalue weighted by Crippen LogP contribution is -2.11. The van der Waals surface area contributed by atoms with Crippen molar-refractivity contribution in [2.24, 2.45) is 0 Å². The number of thioether (sulfide) groups is 1. The van der Waals surface area contributed by atoms with Crippen LogP contribution in [0, 0.1) is 6.92 Å². The number of ether oxygens (including phenoxy) is 1. The van der Waals surface area contributed by atoms with E-state index in [0.717, 1.165) is 27.8 Å². The molecule has 0 bridgehead atoms. The van der Waals surface area contributed by atoms with Crippen LogP contribution < -0.4 is 15.9 Å². The van der Waals surface area contributed by atoms with Gasteiger partial charge in [0.25, 0.3) is 0 Å². The monoisotopic (exact) mass is 424 g/mol. The van der Waals surface area contributed by atoms with Crippen LogP contribution >= 0.6 is 23.1 Å². The lowest BCUT2D eigenvalue weighted by molar-refractivity contribution is 0.415. The van der Waals surface area contributed by atoms with Crippen molar-refractivity contribution in [3.63, 3.8) is 0 Å². The second kappa shape index (κ2) is 8.54. The summed E-state index contributed by atoms with van der Waals surface area (Å²) in [6.07, 6.45) is 0. The summed E-state index contributed by atoms with van der Waals surface area (Å²) in [6.45, 7) is 2.07. The molecule has 4 rings (SSSR count). The first-order valence-corrected chi connectivity index (χ1v) is 10.7. The minimum absolute atomic E-state index is 0.607. The number of hydrogen-bond donors (Lipinski definition) is 2. The third-order valence-electron chi connectivity index (χ3n) is 4.22. The highest BCUT2D eigenvalue weighted by Gasteiger charge is 2.13. The van der Waals surface area contributed by atoms with Crippen molar-refractivity contribution in [2.75, 3.05) is 18.3 Å². The van der Waals surface area contributed by atoms with Gasteiger partial charge in [0, 0.05) is 22.4 Å². The fraction of sp³-hybridized carbons (Fsp3) is 0.150. The topological polar surface area (TPSA) is 90.9 Å². The smallest absolute Gasteiger partial charge is 0.210 e. The van der Waals surface area contributed by atoms with Crippen LogP contribution in [0.25, 0.3) is 11.4 Å². The largest absolute Gasteiger partial charge is 0.497 e. The van der Waals surface area contributed by atoms with Crippen molar-refractivity contribution >= 4 is 33.9 Å². The van der Waals surface area contributed by atoms with Gasteiger partial charge in [-0.3, -0.25) is 0 Å². The third-order valence-corrected chi connectivity index (χ3v) is 6.00. The van der Waals surface area contributed by atoms with Gasteiger partial charge in [0.1, 0.15) is 5.75 Å². The lowest BCUT2D eigenvalue weighted by Gasteiger charge is -2.04. The van der Waals surface area contributed by atoms with Gasteiger partial charge in [0.2, 0.25) is 5.16 Å². The highest BCUT2D eigenvalue weighted by atomic mass is 32.2. The summed E-state index contributed by atoms with van der Waals surface area (Å²) in [5, 5.41) is 15.3. The Labute approximate surface area is 176 Å². The molecule has 148 valence electrons. The normalized spacial score (nSPS) is 10.8. The van der Waals surface area contributed by atoms with Gasteiger partial charge in [0.15, 0.2) is 11.0 Å². The van der Waals surface area contributed by atoms with Crippen molar-refractivity contribution < 1.29 is 4.74 Å². The van der Waals surface area contributed by atoms with Gasteiger partial charge in [-0.25, -0.2) is 9.66 Å². The maximum atomic E-state index is 6.20. The maximum Gasteiger partial charge on any atom is 0.210 e. The summed E-state index contributed by atoms with van der Waals surface area (Å²) in [4.78, 5) is 4.63. The quantitative estimate of drug-likeness (QED) is 0.334. The second-order valence-corrected chi connectivity index (χ2v) is 8.13. The van der Waals surface area contributed by atoms with E-state index in [9.17, 15) is 0 Å². The summed E-state index contributed by atoms with van der Waals surface area (Å²) in [5.74, 6) is 8.24. The summed E-state index contributed by atoms with van der Waals surface area (Å²) < 4.78 is 6.69. The number of nitrogens with two attached hydrogens (primary N) is 1. The van der Waals surface area contributed by atoms with Crippen LogP contribution in [-0.2, 0) is 5.75 Å². The Morgan fingerprint density at radius 3 is 2.59 bits per heavy atom. The molecule has 0 fully saturated rings. The van der Waals surface area contributed by atoms with Crippen LogP contribution in [0.5, 0.6) is 5.75 Å². The number of anilines is 2. The first kappa shape index (κ1) is 19.3. The van der Waals surface area contributed by atoms with Crippen molar-refractivity contribution in [3.05, 3.63) is 65.2 Å². The number of nitrogens with zero attached hydrogens (tertiary/aromatic N) is 4. The van der Waals surface area contributed by atoms with Crippen LogP contribution in [0.3, 0.4) is 0 Å². The Balaban J connectivity index is 1.40. The summed E-state index contributed by atoms with van der Waals surface area (Å²) >= 11 is 3.07. The fourth-order valence-corrected chi connectivity index (χ4v) is 4.23. The van der Waals surface area contributed by atoms with E-state index in [0.29, 0.717) is 16.7 Å². The number of hydrogen-bond acceptors (Lipinski definition) is 8. The Morgan fingerprint density at radius 1 is 1.10 bits per heavy atom. The van der Waals surface area contributed by atoms with E-state index in [1.807, 2.05) is 41.8 Å². The van der Waals surface area contributed by atoms with Crippen molar-refractivity contribution in [1.29, 1.82) is 0 Å². The first-order valence-electron chi connectivity index (χ1n) is 8.88. The van der Waals surface area contributed by atoms with Gasteiger partial charge in [-0.1, -0.05) is 29.5 Å². The summed E-state index contributed by atoms with van der Waals surface area (Å²) in [6, 6.07) is 15.8. The van der Waals surface area contributed by atoms with Gasteiger partial charge in [-0.2, -0.15) is 0 Å². The molecule has 2 aromatic carbocycles. The van der Waals surface area contributed by atoms with Crippen LogP contribution in [0.1, 0.15) is 11.3 Å². The van der Waals surface area contributed by atoms with E-state index < -0.39 is 0 Å². The molecule has 0 aliphatic rings. The first-order chi connectivity index (χ1) is 14.1. The number of benzene rings is 2. The Kier molecular flexibility index (Phi) is 5.68. The number of rotatable bonds is 7. The van der Waals surface area contributed by atoms with Gasteiger partial charge in [-0.15, -0.1) is 21.5 Å².